The van der Waals surface area contributed by atoms with Gasteiger partial charge in [-0.1, -0.05) is 6.92 Å². The van der Waals surface area contributed by atoms with Crippen LogP contribution in [0.2, 0.25) is 0 Å². The molecular weight excluding hydrogens is 345 g/mol. The van der Waals surface area contributed by atoms with Crippen molar-refractivity contribution in [2.24, 2.45) is 5.73 Å². The third-order valence-electron chi connectivity index (χ3n) is 2.88. The van der Waals surface area contributed by atoms with Gasteiger partial charge in [0.05, 0.1) is 16.3 Å². The van der Waals surface area contributed by atoms with Crippen molar-refractivity contribution < 1.29 is 21.2 Å². The van der Waals surface area contributed by atoms with Crippen molar-refractivity contribution in [2.45, 2.75) is 37.6 Å². The van der Waals surface area contributed by atoms with Crippen molar-refractivity contribution >= 4 is 25.7 Å². The summed E-state index contributed by atoms with van der Waals surface area (Å²) in [5, 5.41) is 0. The molecule has 1 unspecified atom stereocenters. The van der Waals surface area contributed by atoms with E-state index in [0.29, 0.717) is 12.8 Å². The highest BCUT2D eigenvalue weighted by Crippen LogP contribution is 2.20. The highest BCUT2D eigenvalue weighted by molar-refractivity contribution is 7.92. The molecule has 1 aromatic rings. The van der Waals surface area contributed by atoms with Crippen LogP contribution in [0.3, 0.4) is 0 Å². The standard InChI is InChI=1S/C13H22FN3O4S2/c1-3-8-22(18,19)17-13-5-4-11(9-12(13)14)23(20,21)16-7-6-10(2)15/h4-5,9-10,16-17H,3,6-8,15H2,1-2H3. The fraction of sp³-hybridized carbons (Fsp3) is 0.538. The zero-order valence-corrected chi connectivity index (χ0v) is 14.7. The Hall–Kier alpha value is -1.23. The van der Waals surface area contributed by atoms with Gasteiger partial charge in [-0.3, -0.25) is 4.72 Å². The molecule has 0 radical (unpaired) electrons. The second-order valence-corrected chi connectivity index (χ2v) is 8.84. The second-order valence-electron chi connectivity index (χ2n) is 5.23. The van der Waals surface area contributed by atoms with Crippen LogP contribution in [-0.4, -0.2) is 35.2 Å². The van der Waals surface area contributed by atoms with E-state index in [0.717, 1.165) is 18.2 Å². The smallest absolute Gasteiger partial charge is 0.240 e. The molecule has 1 atom stereocenters. The van der Waals surface area contributed by atoms with Gasteiger partial charge in [0.1, 0.15) is 5.82 Å². The van der Waals surface area contributed by atoms with Crippen LogP contribution in [0.1, 0.15) is 26.7 Å². The number of anilines is 1. The summed E-state index contributed by atoms with van der Waals surface area (Å²) in [4.78, 5) is -0.280. The number of halogens is 1. The first-order valence-corrected chi connectivity index (χ1v) is 10.3. The number of nitrogens with two attached hydrogens (primary N) is 1. The average Bonchev–Trinajstić information content (AvgIpc) is 2.40. The zero-order chi connectivity index (χ0) is 17.7. The molecule has 0 heterocycles. The van der Waals surface area contributed by atoms with Crippen LogP contribution in [0.25, 0.3) is 0 Å². The molecular formula is C13H22FN3O4S2. The summed E-state index contributed by atoms with van der Waals surface area (Å²) in [6.45, 7) is 3.55. The lowest BCUT2D eigenvalue weighted by Crippen LogP contribution is -2.29. The van der Waals surface area contributed by atoms with Crippen LogP contribution in [0.4, 0.5) is 10.1 Å². The van der Waals surface area contributed by atoms with Crippen molar-refractivity contribution in [2.75, 3.05) is 17.0 Å². The second kappa shape index (κ2) is 8.04. The van der Waals surface area contributed by atoms with Gasteiger partial charge in [-0.15, -0.1) is 0 Å². The van der Waals surface area contributed by atoms with Crippen molar-refractivity contribution in [1.29, 1.82) is 0 Å². The molecule has 10 heteroatoms. The minimum Gasteiger partial charge on any atom is -0.328 e. The summed E-state index contributed by atoms with van der Waals surface area (Å²) in [5.41, 5.74) is 5.24. The minimum atomic E-state index is -3.87. The Morgan fingerprint density at radius 2 is 1.91 bits per heavy atom. The third kappa shape index (κ3) is 6.42. The zero-order valence-electron chi connectivity index (χ0n) is 13.0. The van der Waals surface area contributed by atoms with E-state index < -0.39 is 25.9 Å². The Bertz CT molecular complexity index is 734. The van der Waals surface area contributed by atoms with Gasteiger partial charge in [0, 0.05) is 12.6 Å². The molecule has 0 fully saturated rings. The Labute approximate surface area is 136 Å². The Kier molecular flexibility index (Phi) is 6.93. The first-order valence-electron chi connectivity index (χ1n) is 7.12. The van der Waals surface area contributed by atoms with Gasteiger partial charge in [0.15, 0.2) is 0 Å². The van der Waals surface area contributed by atoms with Crippen molar-refractivity contribution in [3.05, 3.63) is 24.0 Å². The summed E-state index contributed by atoms with van der Waals surface area (Å²) in [7, 11) is -7.52. The van der Waals surface area contributed by atoms with Crippen molar-refractivity contribution in [3.63, 3.8) is 0 Å². The Balaban J connectivity index is 2.91. The molecule has 0 aliphatic rings. The largest absolute Gasteiger partial charge is 0.328 e. The fourth-order valence-electron chi connectivity index (χ4n) is 1.74. The number of nitrogens with one attached hydrogen (secondary N) is 2. The predicted octanol–water partition coefficient (Wildman–Crippen LogP) is 0.993. The molecule has 0 aromatic heterocycles. The quantitative estimate of drug-likeness (QED) is 0.601. The summed E-state index contributed by atoms with van der Waals surface area (Å²) in [6, 6.07) is 2.84. The number of sulfonamides is 2. The molecule has 0 aliphatic carbocycles. The van der Waals surface area contributed by atoms with Crippen LogP contribution in [0.5, 0.6) is 0 Å². The summed E-state index contributed by atoms with van der Waals surface area (Å²) in [5.74, 6) is -1.11. The van der Waals surface area contributed by atoms with Crippen LogP contribution < -0.4 is 15.2 Å². The molecule has 0 aliphatic heterocycles. The molecule has 23 heavy (non-hydrogen) atoms. The lowest BCUT2D eigenvalue weighted by atomic mass is 10.3. The van der Waals surface area contributed by atoms with Crippen LogP contribution >= 0.6 is 0 Å². The lowest BCUT2D eigenvalue weighted by Gasteiger charge is -2.11. The van der Waals surface area contributed by atoms with E-state index in [-0.39, 0.29) is 28.9 Å². The van der Waals surface area contributed by atoms with E-state index in [9.17, 15) is 21.2 Å². The number of rotatable bonds is 9. The van der Waals surface area contributed by atoms with Gasteiger partial charge in [0.2, 0.25) is 20.0 Å². The van der Waals surface area contributed by atoms with Gasteiger partial charge in [-0.25, -0.2) is 25.9 Å². The molecule has 0 amide bonds. The fourth-order valence-corrected chi connectivity index (χ4v) is 3.94. The van der Waals surface area contributed by atoms with Gasteiger partial charge in [-0.2, -0.15) is 0 Å². The number of hydrogen-bond donors (Lipinski definition) is 3. The molecule has 4 N–H and O–H groups in total. The molecule has 0 bridgehead atoms. The minimum absolute atomic E-state index is 0.131. The molecule has 1 aromatic carbocycles. The monoisotopic (exact) mass is 367 g/mol. The van der Waals surface area contributed by atoms with E-state index >= 15 is 0 Å². The predicted molar refractivity (Wildman–Crippen MR) is 87.6 cm³/mol. The van der Waals surface area contributed by atoms with Gasteiger partial charge < -0.3 is 5.73 Å². The molecule has 0 spiro atoms. The number of benzene rings is 1. The maximum Gasteiger partial charge on any atom is 0.240 e. The van der Waals surface area contributed by atoms with E-state index in [1.165, 1.54) is 0 Å². The van der Waals surface area contributed by atoms with E-state index in [1.807, 2.05) is 0 Å². The first-order chi connectivity index (χ1) is 10.6. The van der Waals surface area contributed by atoms with Crippen LogP contribution in [-0.2, 0) is 20.0 Å². The molecule has 1 rings (SSSR count). The SMILES string of the molecule is CCCS(=O)(=O)Nc1ccc(S(=O)(=O)NCCC(C)N)cc1F. The lowest BCUT2D eigenvalue weighted by molar-refractivity contribution is 0.569. The maximum atomic E-state index is 14.0. The highest BCUT2D eigenvalue weighted by atomic mass is 32.2. The van der Waals surface area contributed by atoms with E-state index in [4.69, 9.17) is 5.73 Å². The van der Waals surface area contributed by atoms with Gasteiger partial charge in [-0.05, 0) is 38.0 Å². The van der Waals surface area contributed by atoms with Crippen LogP contribution in [0, 0.1) is 5.82 Å². The average molecular weight is 367 g/mol. The van der Waals surface area contributed by atoms with Gasteiger partial charge in [0.25, 0.3) is 0 Å². The van der Waals surface area contributed by atoms with Crippen molar-refractivity contribution in [3.8, 4) is 0 Å². The Morgan fingerprint density at radius 3 is 2.43 bits per heavy atom. The van der Waals surface area contributed by atoms with Gasteiger partial charge >= 0.3 is 0 Å². The highest BCUT2D eigenvalue weighted by Gasteiger charge is 2.18. The summed E-state index contributed by atoms with van der Waals surface area (Å²) >= 11 is 0. The number of hydrogen-bond acceptors (Lipinski definition) is 5. The molecule has 132 valence electrons. The topological polar surface area (TPSA) is 118 Å². The summed E-state index contributed by atoms with van der Waals surface area (Å²) in [6.07, 6.45) is 0.823. The summed E-state index contributed by atoms with van der Waals surface area (Å²) < 4.78 is 65.6. The third-order valence-corrected chi connectivity index (χ3v) is 5.82. The Morgan fingerprint density at radius 1 is 1.26 bits per heavy atom. The van der Waals surface area contributed by atoms with E-state index in [2.05, 4.69) is 9.44 Å². The molecule has 7 nitrogen and oxygen atoms in total. The molecule has 0 saturated heterocycles. The van der Waals surface area contributed by atoms with Crippen molar-refractivity contribution in [1.82, 2.24) is 4.72 Å². The maximum absolute atomic E-state index is 14.0. The normalized spacial score (nSPS) is 13.7. The first kappa shape index (κ1) is 19.8. The van der Waals surface area contributed by atoms with E-state index in [1.54, 1.807) is 13.8 Å². The molecule has 0 saturated carbocycles. The van der Waals surface area contributed by atoms with Crippen LogP contribution in [0.15, 0.2) is 23.1 Å².